The summed E-state index contributed by atoms with van der Waals surface area (Å²) < 4.78 is 0. The number of hydrogen-bond acceptors (Lipinski definition) is 2. The fourth-order valence-electron chi connectivity index (χ4n) is 3.53. The van der Waals surface area contributed by atoms with Crippen LogP contribution in [0.2, 0.25) is 0 Å². The summed E-state index contributed by atoms with van der Waals surface area (Å²) in [6, 6.07) is 30.8. The van der Waals surface area contributed by atoms with Gasteiger partial charge in [-0.25, -0.2) is 0 Å². The third-order valence-corrected chi connectivity index (χ3v) is 4.88. The molecule has 0 amide bonds. The zero-order valence-corrected chi connectivity index (χ0v) is 15.4. The van der Waals surface area contributed by atoms with Crippen molar-refractivity contribution >= 4 is 5.78 Å². The number of benzene rings is 3. The lowest BCUT2D eigenvalue weighted by atomic mass is 9.76. The Labute approximate surface area is 155 Å². The van der Waals surface area contributed by atoms with Crippen LogP contribution in [-0.4, -0.2) is 11.8 Å². The minimum Gasteiger partial charge on any atom is -0.298 e. The van der Waals surface area contributed by atoms with Gasteiger partial charge in [-0.2, -0.15) is 0 Å². The lowest BCUT2D eigenvalue weighted by Gasteiger charge is -2.39. The third kappa shape index (κ3) is 3.47. The lowest BCUT2D eigenvalue weighted by Crippen LogP contribution is -2.51. The van der Waals surface area contributed by atoms with Crippen LogP contribution in [0, 0.1) is 0 Å². The van der Waals surface area contributed by atoms with Gasteiger partial charge >= 0.3 is 0 Å². The molecule has 0 spiro atoms. The molecule has 0 saturated heterocycles. The van der Waals surface area contributed by atoms with Gasteiger partial charge < -0.3 is 0 Å². The highest BCUT2D eigenvalue weighted by Gasteiger charge is 2.38. The summed E-state index contributed by atoms with van der Waals surface area (Å²) in [5.41, 5.74) is 2.77. The highest BCUT2D eigenvalue weighted by Crippen LogP contribution is 2.37. The summed E-state index contributed by atoms with van der Waals surface area (Å²) >= 11 is 0. The van der Waals surface area contributed by atoms with Crippen LogP contribution in [0.15, 0.2) is 91.0 Å². The van der Waals surface area contributed by atoms with Gasteiger partial charge in [-0.05, 0) is 23.6 Å². The van der Waals surface area contributed by atoms with Crippen molar-refractivity contribution in [2.45, 2.75) is 31.8 Å². The van der Waals surface area contributed by atoms with Crippen LogP contribution in [0.5, 0.6) is 0 Å². The Morgan fingerprint density at radius 1 is 0.769 bits per heavy atom. The first-order valence-electron chi connectivity index (χ1n) is 9.15. The van der Waals surface area contributed by atoms with Gasteiger partial charge in [0.25, 0.3) is 0 Å². The molecule has 26 heavy (non-hydrogen) atoms. The largest absolute Gasteiger partial charge is 0.298 e. The number of carbonyl (C=O) groups is 1. The molecular weight excluding hydrogens is 318 g/mol. The van der Waals surface area contributed by atoms with Crippen LogP contribution >= 0.6 is 0 Å². The van der Waals surface area contributed by atoms with Crippen molar-refractivity contribution in [3.63, 3.8) is 0 Å². The zero-order chi connectivity index (χ0) is 18.4. The Balaban J connectivity index is 2.26. The molecule has 1 atom stereocenters. The van der Waals surface area contributed by atoms with Crippen LogP contribution < -0.4 is 5.32 Å². The second-order valence-electron chi connectivity index (χ2n) is 6.53. The molecule has 1 N–H and O–H groups in total. The molecule has 2 heteroatoms. The van der Waals surface area contributed by atoms with Crippen molar-refractivity contribution in [3.05, 3.63) is 108 Å². The van der Waals surface area contributed by atoms with Gasteiger partial charge in [0.15, 0.2) is 0 Å². The normalized spacial score (nSPS) is 12.5. The lowest BCUT2D eigenvalue weighted by molar-refractivity contribution is -0.120. The zero-order valence-electron chi connectivity index (χ0n) is 15.4. The maximum Gasteiger partial charge on any atom is 0.149 e. The predicted octanol–water partition coefficient (Wildman–Crippen LogP) is 4.94. The van der Waals surface area contributed by atoms with Crippen molar-refractivity contribution in [2.75, 3.05) is 0 Å². The Morgan fingerprint density at radius 3 is 1.42 bits per heavy atom. The summed E-state index contributed by atoms with van der Waals surface area (Å²) in [6.07, 6.45) is 0.516. The molecule has 0 aromatic heterocycles. The Morgan fingerprint density at radius 2 is 1.12 bits per heavy atom. The van der Waals surface area contributed by atoms with E-state index in [0.717, 1.165) is 16.7 Å². The van der Waals surface area contributed by atoms with Crippen LogP contribution in [0.1, 0.15) is 37.0 Å². The molecule has 1 unspecified atom stereocenters. The predicted molar refractivity (Wildman–Crippen MR) is 107 cm³/mol. The molecule has 0 aliphatic rings. The van der Waals surface area contributed by atoms with Gasteiger partial charge in [-0.15, -0.1) is 0 Å². The fourth-order valence-corrected chi connectivity index (χ4v) is 3.53. The number of carbonyl (C=O) groups excluding carboxylic acids is 1. The van der Waals surface area contributed by atoms with Gasteiger partial charge in [0.1, 0.15) is 5.78 Å². The van der Waals surface area contributed by atoms with E-state index in [9.17, 15) is 4.79 Å². The first-order valence-corrected chi connectivity index (χ1v) is 9.15. The molecule has 0 fully saturated rings. The molecule has 0 radical (unpaired) electrons. The van der Waals surface area contributed by atoms with E-state index >= 15 is 0 Å². The number of nitrogens with one attached hydrogen (secondary N) is 1. The smallest absolute Gasteiger partial charge is 0.149 e. The molecule has 0 saturated carbocycles. The summed E-state index contributed by atoms with van der Waals surface area (Å²) in [6.45, 7) is 3.87. The van der Waals surface area contributed by atoms with Crippen LogP contribution in [0.4, 0.5) is 0 Å². The average Bonchev–Trinajstić information content (AvgIpc) is 2.73. The summed E-state index contributed by atoms with van der Waals surface area (Å²) in [5.74, 6) is 0.206. The highest BCUT2D eigenvalue weighted by atomic mass is 16.1. The Kier molecular flexibility index (Phi) is 5.65. The second-order valence-corrected chi connectivity index (χ2v) is 6.53. The molecule has 2 nitrogen and oxygen atoms in total. The van der Waals surface area contributed by atoms with E-state index in [1.807, 2.05) is 68.4 Å². The Hall–Kier alpha value is -2.71. The molecular formula is C24H25NO. The minimum atomic E-state index is -0.589. The number of hydrogen-bond donors (Lipinski definition) is 1. The maximum absolute atomic E-state index is 12.4. The van der Waals surface area contributed by atoms with Crippen molar-refractivity contribution in [2.24, 2.45) is 0 Å². The van der Waals surface area contributed by atoms with Crippen molar-refractivity contribution < 1.29 is 4.79 Å². The molecule has 3 aromatic rings. The molecule has 0 heterocycles. The topological polar surface area (TPSA) is 29.1 Å². The van der Waals surface area contributed by atoms with E-state index in [2.05, 4.69) is 41.7 Å². The van der Waals surface area contributed by atoms with Gasteiger partial charge in [0.2, 0.25) is 0 Å². The monoisotopic (exact) mass is 343 g/mol. The first-order chi connectivity index (χ1) is 12.7. The highest BCUT2D eigenvalue weighted by molar-refractivity contribution is 5.83. The van der Waals surface area contributed by atoms with Crippen LogP contribution in [0.3, 0.4) is 0 Å². The number of ketones is 1. The fraction of sp³-hybridized carbons (Fsp3) is 0.208. The maximum atomic E-state index is 12.4. The minimum absolute atomic E-state index is 0.206. The van der Waals surface area contributed by atoms with Crippen molar-refractivity contribution in [3.8, 4) is 0 Å². The first kappa shape index (κ1) is 18.1. The van der Waals surface area contributed by atoms with Crippen LogP contribution in [-0.2, 0) is 10.3 Å². The van der Waals surface area contributed by atoms with E-state index in [1.165, 1.54) is 0 Å². The van der Waals surface area contributed by atoms with Gasteiger partial charge in [-0.3, -0.25) is 10.1 Å². The average molecular weight is 343 g/mol. The molecule has 132 valence electrons. The van der Waals surface area contributed by atoms with Gasteiger partial charge in [0, 0.05) is 6.42 Å². The summed E-state index contributed by atoms with van der Waals surface area (Å²) in [4.78, 5) is 12.4. The molecule has 0 aliphatic carbocycles. The second kappa shape index (κ2) is 8.11. The van der Waals surface area contributed by atoms with Crippen molar-refractivity contribution in [1.29, 1.82) is 0 Å². The van der Waals surface area contributed by atoms with Gasteiger partial charge in [-0.1, -0.05) is 97.9 Å². The molecule has 3 aromatic carbocycles. The van der Waals surface area contributed by atoms with Crippen LogP contribution in [0.25, 0.3) is 0 Å². The van der Waals surface area contributed by atoms with Crippen molar-refractivity contribution in [1.82, 2.24) is 5.32 Å². The SMILES string of the molecule is CCC(=O)C(C)NC(c1ccccc1)(c1ccccc1)c1ccccc1. The molecule has 0 bridgehead atoms. The van der Waals surface area contributed by atoms with E-state index in [4.69, 9.17) is 0 Å². The van der Waals surface area contributed by atoms with Gasteiger partial charge in [0.05, 0.1) is 11.6 Å². The third-order valence-electron chi connectivity index (χ3n) is 4.88. The Bertz CT molecular complexity index is 731. The van der Waals surface area contributed by atoms with E-state index in [1.54, 1.807) is 0 Å². The van der Waals surface area contributed by atoms with E-state index in [-0.39, 0.29) is 11.8 Å². The number of Topliss-reactive ketones (excluding diaryl/α,β-unsaturated/α-hetero) is 1. The number of rotatable bonds is 7. The van der Waals surface area contributed by atoms with E-state index in [0.29, 0.717) is 6.42 Å². The molecule has 3 rings (SSSR count). The summed E-state index contributed by atoms with van der Waals surface area (Å²) in [5, 5.41) is 3.68. The van der Waals surface area contributed by atoms with E-state index < -0.39 is 5.54 Å². The quantitative estimate of drug-likeness (QED) is 0.616. The summed E-state index contributed by atoms with van der Waals surface area (Å²) in [7, 11) is 0. The molecule has 0 aliphatic heterocycles. The standard InChI is InChI=1S/C24H25NO/c1-3-23(26)19(2)25-24(20-13-7-4-8-14-20,21-15-9-5-10-16-21)22-17-11-6-12-18-22/h4-19,25H,3H2,1-2H3.